The van der Waals surface area contributed by atoms with E-state index in [9.17, 15) is 9.18 Å². The number of hydrogen-bond acceptors (Lipinski definition) is 4. The quantitative estimate of drug-likeness (QED) is 0.743. The number of halogens is 1. The molecule has 144 valence electrons. The van der Waals surface area contributed by atoms with Gasteiger partial charge in [-0.15, -0.1) is 0 Å². The average molecular weight is 379 g/mol. The molecule has 0 saturated carbocycles. The van der Waals surface area contributed by atoms with Gasteiger partial charge in [-0.3, -0.25) is 4.79 Å². The molecule has 2 heterocycles. The number of ether oxygens (including phenoxy) is 1. The third-order valence-electron chi connectivity index (χ3n) is 5.19. The Morgan fingerprint density at radius 3 is 2.50 bits per heavy atom. The molecule has 5 nitrogen and oxygen atoms in total. The standard InChI is InChI=1S/C22H22FN3O2/c1-13-14(2)25-19-12-16(7-10-18(19)24-13)22(27)26-21(20-4-3-11-28-20)15-5-8-17(23)9-6-15/h5-10,12,20-21H,3-4,11H2,1-2H3,(H,26,27)/t20-,21-/m0/s1. The number of nitrogens with zero attached hydrogens (tertiary/aromatic N) is 2. The number of rotatable bonds is 4. The van der Waals surface area contributed by atoms with Crippen LogP contribution in [0.1, 0.15) is 46.2 Å². The molecule has 2 atom stereocenters. The summed E-state index contributed by atoms with van der Waals surface area (Å²) in [6.07, 6.45) is 1.67. The Labute approximate surface area is 163 Å². The van der Waals surface area contributed by atoms with Crippen LogP contribution in [0.4, 0.5) is 4.39 Å². The van der Waals surface area contributed by atoms with E-state index < -0.39 is 0 Å². The highest BCUT2D eigenvalue weighted by Crippen LogP contribution is 2.28. The topological polar surface area (TPSA) is 64.1 Å². The Morgan fingerprint density at radius 2 is 1.82 bits per heavy atom. The zero-order valence-electron chi connectivity index (χ0n) is 15.9. The maximum Gasteiger partial charge on any atom is 0.251 e. The molecule has 2 aromatic carbocycles. The van der Waals surface area contributed by atoms with Crippen molar-refractivity contribution in [1.29, 1.82) is 0 Å². The molecule has 1 saturated heterocycles. The number of amides is 1. The Morgan fingerprint density at radius 1 is 1.11 bits per heavy atom. The lowest BCUT2D eigenvalue weighted by Gasteiger charge is -2.25. The van der Waals surface area contributed by atoms with Gasteiger partial charge in [0.05, 0.1) is 34.6 Å². The molecule has 6 heteroatoms. The molecule has 1 amide bonds. The molecule has 28 heavy (non-hydrogen) atoms. The van der Waals surface area contributed by atoms with Gasteiger partial charge in [0.15, 0.2) is 0 Å². The third-order valence-corrected chi connectivity index (χ3v) is 5.19. The van der Waals surface area contributed by atoms with Gasteiger partial charge >= 0.3 is 0 Å². The largest absolute Gasteiger partial charge is 0.376 e. The number of aromatic nitrogens is 2. The summed E-state index contributed by atoms with van der Waals surface area (Å²) >= 11 is 0. The van der Waals surface area contributed by atoms with Crippen LogP contribution < -0.4 is 5.32 Å². The first-order valence-electron chi connectivity index (χ1n) is 9.44. The van der Waals surface area contributed by atoms with Crippen molar-refractivity contribution in [2.24, 2.45) is 0 Å². The van der Waals surface area contributed by atoms with Crippen LogP contribution in [0.15, 0.2) is 42.5 Å². The summed E-state index contributed by atoms with van der Waals surface area (Å²) in [7, 11) is 0. The van der Waals surface area contributed by atoms with E-state index in [1.165, 1.54) is 12.1 Å². The number of aryl methyl sites for hydroxylation is 2. The first-order chi connectivity index (χ1) is 13.5. The van der Waals surface area contributed by atoms with Gasteiger partial charge in [-0.05, 0) is 62.6 Å². The zero-order valence-corrected chi connectivity index (χ0v) is 15.9. The van der Waals surface area contributed by atoms with Crippen LogP contribution in [-0.2, 0) is 4.74 Å². The monoisotopic (exact) mass is 379 g/mol. The van der Waals surface area contributed by atoms with E-state index >= 15 is 0 Å². The minimum Gasteiger partial charge on any atom is -0.376 e. The van der Waals surface area contributed by atoms with E-state index in [0.717, 1.165) is 35.3 Å². The molecule has 0 bridgehead atoms. The maximum absolute atomic E-state index is 13.3. The molecule has 3 aromatic rings. The summed E-state index contributed by atoms with van der Waals surface area (Å²) in [6.45, 7) is 4.48. The van der Waals surface area contributed by atoms with Crippen LogP contribution in [0.2, 0.25) is 0 Å². The third kappa shape index (κ3) is 3.73. The zero-order chi connectivity index (χ0) is 19.7. The Hall–Kier alpha value is -2.86. The second kappa shape index (κ2) is 7.64. The number of carbonyl (C=O) groups excluding carboxylic acids is 1. The lowest BCUT2D eigenvalue weighted by molar-refractivity contribution is 0.0672. The van der Waals surface area contributed by atoms with Crippen molar-refractivity contribution in [1.82, 2.24) is 15.3 Å². The second-order valence-corrected chi connectivity index (χ2v) is 7.15. The molecule has 0 radical (unpaired) electrons. The second-order valence-electron chi connectivity index (χ2n) is 7.15. The van der Waals surface area contributed by atoms with Gasteiger partial charge in [0.2, 0.25) is 0 Å². The molecule has 1 aliphatic rings. The molecule has 1 N–H and O–H groups in total. The van der Waals surface area contributed by atoms with Crippen molar-refractivity contribution < 1.29 is 13.9 Å². The first-order valence-corrected chi connectivity index (χ1v) is 9.44. The van der Waals surface area contributed by atoms with Crippen molar-refractivity contribution in [3.63, 3.8) is 0 Å². The molecule has 1 fully saturated rings. The molecular weight excluding hydrogens is 357 g/mol. The van der Waals surface area contributed by atoms with Crippen LogP contribution in [0, 0.1) is 19.7 Å². The minimum absolute atomic E-state index is 0.125. The minimum atomic E-state index is -0.336. The molecule has 4 rings (SSSR count). The van der Waals surface area contributed by atoms with Gasteiger partial charge in [0.25, 0.3) is 5.91 Å². The molecule has 0 aliphatic carbocycles. The lowest BCUT2D eigenvalue weighted by atomic mass is 9.98. The van der Waals surface area contributed by atoms with Crippen LogP contribution in [0.5, 0.6) is 0 Å². The van der Waals surface area contributed by atoms with Gasteiger partial charge in [-0.1, -0.05) is 12.1 Å². The van der Waals surface area contributed by atoms with Crippen LogP contribution in [0.25, 0.3) is 11.0 Å². The summed E-state index contributed by atoms with van der Waals surface area (Å²) in [5.41, 5.74) is 4.50. The summed E-state index contributed by atoms with van der Waals surface area (Å²) < 4.78 is 19.1. The summed E-state index contributed by atoms with van der Waals surface area (Å²) in [6, 6.07) is 11.2. The summed E-state index contributed by atoms with van der Waals surface area (Å²) in [5, 5.41) is 3.07. The number of fused-ring (bicyclic) bond motifs is 1. The Bertz CT molecular complexity index is 1010. The van der Waals surface area contributed by atoms with Crippen LogP contribution in [0.3, 0.4) is 0 Å². The summed E-state index contributed by atoms with van der Waals surface area (Å²) in [4.78, 5) is 22.0. The van der Waals surface area contributed by atoms with Crippen LogP contribution >= 0.6 is 0 Å². The van der Waals surface area contributed by atoms with Crippen molar-refractivity contribution in [2.45, 2.75) is 38.8 Å². The average Bonchev–Trinajstić information content (AvgIpc) is 3.22. The summed E-state index contributed by atoms with van der Waals surface area (Å²) in [5.74, 6) is -0.522. The smallest absolute Gasteiger partial charge is 0.251 e. The predicted molar refractivity (Wildman–Crippen MR) is 105 cm³/mol. The number of hydrogen-bond donors (Lipinski definition) is 1. The van der Waals surface area contributed by atoms with Crippen molar-refractivity contribution >= 4 is 16.9 Å². The number of benzene rings is 2. The predicted octanol–water partition coefficient (Wildman–Crippen LogP) is 4.04. The fourth-order valence-electron chi connectivity index (χ4n) is 3.52. The molecule has 0 spiro atoms. The van der Waals surface area contributed by atoms with E-state index in [-0.39, 0.29) is 23.9 Å². The fourth-order valence-corrected chi connectivity index (χ4v) is 3.52. The Kier molecular flexibility index (Phi) is 5.05. The SMILES string of the molecule is Cc1nc2ccc(C(=O)N[C@@H](c3ccc(F)cc3)[C@@H]3CCCO3)cc2nc1C. The van der Waals surface area contributed by atoms with Crippen LogP contribution in [-0.4, -0.2) is 28.6 Å². The lowest BCUT2D eigenvalue weighted by Crippen LogP contribution is -2.36. The van der Waals surface area contributed by atoms with Gasteiger partial charge in [-0.25, -0.2) is 14.4 Å². The Balaban J connectivity index is 1.62. The number of nitrogens with one attached hydrogen (secondary N) is 1. The van der Waals surface area contributed by atoms with Gasteiger partial charge in [0, 0.05) is 12.2 Å². The molecule has 0 unspecified atom stereocenters. The fraction of sp³-hybridized carbons (Fsp3) is 0.318. The molecule has 1 aliphatic heterocycles. The van der Waals surface area contributed by atoms with Gasteiger partial charge in [-0.2, -0.15) is 0 Å². The maximum atomic E-state index is 13.3. The molecular formula is C22H22FN3O2. The van der Waals surface area contributed by atoms with E-state index in [2.05, 4.69) is 15.3 Å². The van der Waals surface area contributed by atoms with Crippen molar-refractivity contribution in [3.8, 4) is 0 Å². The van der Waals surface area contributed by atoms with E-state index in [4.69, 9.17) is 4.74 Å². The van der Waals surface area contributed by atoms with E-state index in [1.54, 1.807) is 24.3 Å². The highest BCUT2D eigenvalue weighted by Gasteiger charge is 2.29. The highest BCUT2D eigenvalue weighted by atomic mass is 19.1. The first kappa shape index (κ1) is 18.5. The number of carbonyl (C=O) groups is 1. The van der Waals surface area contributed by atoms with Gasteiger partial charge in [0.1, 0.15) is 5.82 Å². The highest BCUT2D eigenvalue weighted by molar-refractivity contribution is 5.97. The van der Waals surface area contributed by atoms with Gasteiger partial charge < -0.3 is 10.1 Å². The van der Waals surface area contributed by atoms with Crippen molar-refractivity contribution in [3.05, 3.63) is 70.8 Å². The molecule has 1 aromatic heterocycles. The van der Waals surface area contributed by atoms with Crippen molar-refractivity contribution in [2.75, 3.05) is 6.61 Å². The van der Waals surface area contributed by atoms with E-state index in [1.807, 2.05) is 19.9 Å². The normalized spacial score (nSPS) is 17.6. The van der Waals surface area contributed by atoms with E-state index in [0.29, 0.717) is 17.7 Å².